The maximum absolute atomic E-state index is 12.3. The summed E-state index contributed by atoms with van der Waals surface area (Å²) >= 11 is 0. The van der Waals surface area contributed by atoms with Crippen LogP contribution in [0.2, 0.25) is 0 Å². The minimum absolute atomic E-state index is 0.0979. The Balaban J connectivity index is 1.41. The summed E-state index contributed by atoms with van der Waals surface area (Å²) in [5, 5.41) is 2.97. The van der Waals surface area contributed by atoms with Gasteiger partial charge in [-0.25, -0.2) is 0 Å². The van der Waals surface area contributed by atoms with Crippen LogP contribution < -0.4 is 5.32 Å². The molecule has 0 radical (unpaired) electrons. The summed E-state index contributed by atoms with van der Waals surface area (Å²) in [4.78, 5) is 26.2. The molecule has 5 nitrogen and oxygen atoms in total. The van der Waals surface area contributed by atoms with E-state index < -0.39 is 0 Å². The standard InChI is InChI=1S/C19H22N2O3/c22-18(9-8-15-5-2-1-3-6-15)21-12-10-16(11-13-21)20-19(23)17-7-4-14-24-17/h1-7,14,16H,8-13H2,(H,20,23). The molecule has 2 aromatic rings. The monoisotopic (exact) mass is 326 g/mol. The maximum atomic E-state index is 12.3. The quantitative estimate of drug-likeness (QED) is 0.919. The molecule has 1 aromatic heterocycles. The summed E-state index contributed by atoms with van der Waals surface area (Å²) in [6.45, 7) is 1.38. The molecule has 1 saturated heterocycles. The molecule has 126 valence electrons. The lowest BCUT2D eigenvalue weighted by molar-refractivity contribution is -0.132. The van der Waals surface area contributed by atoms with Crippen LogP contribution >= 0.6 is 0 Å². The highest BCUT2D eigenvalue weighted by atomic mass is 16.3. The Morgan fingerprint density at radius 1 is 1.08 bits per heavy atom. The van der Waals surface area contributed by atoms with Gasteiger partial charge < -0.3 is 14.6 Å². The van der Waals surface area contributed by atoms with E-state index >= 15 is 0 Å². The Kier molecular flexibility index (Phi) is 5.31. The number of nitrogens with zero attached hydrogens (tertiary/aromatic N) is 1. The van der Waals surface area contributed by atoms with E-state index in [0.717, 1.165) is 19.3 Å². The number of furan rings is 1. The normalized spacial score (nSPS) is 15.2. The topological polar surface area (TPSA) is 62.6 Å². The summed E-state index contributed by atoms with van der Waals surface area (Å²) in [5.41, 5.74) is 1.19. The van der Waals surface area contributed by atoms with Gasteiger partial charge in [-0.1, -0.05) is 30.3 Å². The van der Waals surface area contributed by atoms with Gasteiger partial charge in [0.15, 0.2) is 5.76 Å². The molecule has 1 N–H and O–H groups in total. The second-order valence-electron chi connectivity index (χ2n) is 6.09. The summed E-state index contributed by atoms with van der Waals surface area (Å²) in [6, 6.07) is 13.5. The van der Waals surface area contributed by atoms with Gasteiger partial charge in [-0.15, -0.1) is 0 Å². The van der Waals surface area contributed by atoms with Crippen molar-refractivity contribution in [1.29, 1.82) is 0 Å². The number of nitrogens with one attached hydrogen (secondary N) is 1. The van der Waals surface area contributed by atoms with E-state index in [1.165, 1.54) is 11.8 Å². The Hall–Kier alpha value is -2.56. The van der Waals surface area contributed by atoms with Crippen LogP contribution in [-0.2, 0) is 11.2 Å². The third kappa shape index (κ3) is 4.25. The molecule has 2 heterocycles. The van der Waals surface area contributed by atoms with Gasteiger partial charge in [0.1, 0.15) is 0 Å². The van der Waals surface area contributed by atoms with Gasteiger partial charge >= 0.3 is 0 Å². The predicted molar refractivity (Wildman–Crippen MR) is 90.5 cm³/mol. The molecular weight excluding hydrogens is 304 g/mol. The first-order valence-electron chi connectivity index (χ1n) is 8.38. The number of rotatable bonds is 5. The lowest BCUT2D eigenvalue weighted by atomic mass is 10.0. The highest BCUT2D eigenvalue weighted by Gasteiger charge is 2.24. The van der Waals surface area contributed by atoms with E-state index in [2.05, 4.69) is 5.32 Å². The zero-order chi connectivity index (χ0) is 16.8. The van der Waals surface area contributed by atoms with Crippen LogP contribution in [0.25, 0.3) is 0 Å². The average Bonchev–Trinajstić information content (AvgIpc) is 3.16. The molecule has 1 fully saturated rings. The number of carbonyl (C=O) groups excluding carboxylic acids is 2. The number of likely N-dealkylation sites (tertiary alicyclic amines) is 1. The molecule has 1 aliphatic rings. The van der Waals surface area contributed by atoms with Crippen LogP contribution in [0.1, 0.15) is 35.4 Å². The Labute approximate surface area is 141 Å². The minimum Gasteiger partial charge on any atom is -0.459 e. The first-order valence-corrected chi connectivity index (χ1v) is 8.38. The molecule has 0 aliphatic carbocycles. The molecule has 0 atom stereocenters. The predicted octanol–water partition coefficient (Wildman–Crippen LogP) is 2.63. The number of amides is 2. The lowest BCUT2D eigenvalue weighted by Gasteiger charge is -2.32. The van der Waals surface area contributed by atoms with Crippen LogP contribution in [0.3, 0.4) is 0 Å². The molecule has 24 heavy (non-hydrogen) atoms. The fourth-order valence-corrected chi connectivity index (χ4v) is 2.99. The third-order valence-corrected chi connectivity index (χ3v) is 4.40. The van der Waals surface area contributed by atoms with Gasteiger partial charge in [-0.05, 0) is 37.0 Å². The molecular formula is C19H22N2O3. The largest absolute Gasteiger partial charge is 0.459 e. The molecule has 0 saturated carbocycles. The van der Waals surface area contributed by atoms with Crippen LogP contribution in [0.15, 0.2) is 53.1 Å². The van der Waals surface area contributed by atoms with E-state index in [4.69, 9.17) is 4.42 Å². The Bertz CT molecular complexity index is 659. The molecule has 2 amide bonds. The lowest BCUT2D eigenvalue weighted by Crippen LogP contribution is -2.46. The summed E-state index contributed by atoms with van der Waals surface area (Å²) in [6.07, 6.45) is 4.36. The molecule has 3 rings (SSSR count). The molecule has 0 spiro atoms. The van der Waals surface area contributed by atoms with Crippen molar-refractivity contribution in [1.82, 2.24) is 10.2 Å². The molecule has 1 aromatic carbocycles. The second-order valence-corrected chi connectivity index (χ2v) is 6.09. The highest BCUT2D eigenvalue weighted by molar-refractivity contribution is 5.91. The number of carbonyl (C=O) groups is 2. The van der Waals surface area contributed by atoms with Crippen molar-refractivity contribution in [2.24, 2.45) is 0 Å². The van der Waals surface area contributed by atoms with Crippen molar-refractivity contribution >= 4 is 11.8 Å². The average molecular weight is 326 g/mol. The van der Waals surface area contributed by atoms with Gasteiger partial charge in [-0.3, -0.25) is 9.59 Å². The summed E-state index contributed by atoms with van der Waals surface area (Å²) in [7, 11) is 0. The summed E-state index contributed by atoms with van der Waals surface area (Å²) in [5.74, 6) is 0.333. The van der Waals surface area contributed by atoms with Crippen LogP contribution in [0.5, 0.6) is 0 Å². The zero-order valence-corrected chi connectivity index (χ0v) is 13.6. The van der Waals surface area contributed by atoms with E-state index in [1.807, 2.05) is 35.2 Å². The first kappa shape index (κ1) is 16.3. The highest BCUT2D eigenvalue weighted by Crippen LogP contribution is 2.14. The van der Waals surface area contributed by atoms with Gasteiger partial charge in [0.25, 0.3) is 5.91 Å². The number of aryl methyl sites for hydroxylation is 1. The van der Waals surface area contributed by atoms with Crippen LogP contribution in [0, 0.1) is 0 Å². The van der Waals surface area contributed by atoms with Crippen LogP contribution in [-0.4, -0.2) is 35.8 Å². The number of piperidine rings is 1. The van der Waals surface area contributed by atoms with Gasteiger partial charge in [0, 0.05) is 25.6 Å². The van der Waals surface area contributed by atoms with Crippen LogP contribution in [0.4, 0.5) is 0 Å². The van der Waals surface area contributed by atoms with Crippen molar-refractivity contribution in [3.8, 4) is 0 Å². The van der Waals surface area contributed by atoms with Gasteiger partial charge in [-0.2, -0.15) is 0 Å². The SMILES string of the molecule is O=C(NC1CCN(C(=O)CCc2ccccc2)CC1)c1ccco1. The first-order chi connectivity index (χ1) is 11.7. The van der Waals surface area contributed by atoms with Crippen molar-refractivity contribution in [3.63, 3.8) is 0 Å². The van der Waals surface area contributed by atoms with Crippen molar-refractivity contribution in [3.05, 3.63) is 60.1 Å². The van der Waals surface area contributed by atoms with Gasteiger partial charge in [0.2, 0.25) is 5.91 Å². The minimum atomic E-state index is -0.186. The Morgan fingerprint density at radius 3 is 2.50 bits per heavy atom. The number of benzene rings is 1. The van der Waals surface area contributed by atoms with E-state index in [0.29, 0.717) is 25.3 Å². The molecule has 0 unspecified atom stereocenters. The molecule has 0 bridgehead atoms. The molecule has 1 aliphatic heterocycles. The van der Waals surface area contributed by atoms with Gasteiger partial charge in [0.05, 0.1) is 6.26 Å². The van der Waals surface area contributed by atoms with E-state index in [-0.39, 0.29) is 17.9 Å². The maximum Gasteiger partial charge on any atom is 0.287 e. The summed E-state index contributed by atoms with van der Waals surface area (Å²) < 4.78 is 5.09. The van der Waals surface area contributed by atoms with Crippen molar-refractivity contribution in [2.45, 2.75) is 31.7 Å². The smallest absolute Gasteiger partial charge is 0.287 e. The third-order valence-electron chi connectivity index (χ3n) is 4.40. The van der Waals surface area contributed by atoms with E-state index in [9.17, 15) is 9.59 Å². The molecule has 5 heteroatoms. The fourth-order valence-electron chi connectivity index (χ4n) is 2.99. The van der Waals surface area contributed by atoms with Crippen molar-refractivity contribution < 1.29 is 14.0 Å². The van der Waals surface area contributed by atoms with E-state index in [1.54, 1.807) is 12.1 Å². The fraction of sp³-hybridized carbons (Fsp3) is 0.368. The number of hydrogen-bond donors (Lipinski definition) is 1. The Morgan fingerprint density at radius 2 is 1.83 bits per heavy atom. The number of hydrogen-bond acceptors (Lipinski definition) is 3. The zero-order valence-electron chi connectivity index (χ0n) is 13.6. The second kappa shape index (κ2) is 7.81. The van der Waals surface area contributed by atoms with Crippen molar-refractivity contribution in [2.75, 3.05) is 13.1 Å².